The van der Waals surface area contributed by atoms with Gasteiger partial charge in [0.05, 0.1) is 28.3 Å². The van der Waals surface area contributed by atoms with Crippen molar-refractivity contribution < 1.29 is 0 Å². The minimum atomic E-state index is -0.356. The second-order valence-corrected chi connectivity index (χ2v) is 17.5. The molecular formula is C61H50N6. The van der Waals surface area contributed by atoms with E-state index in [0.717, 1.165) is 90.7 Å². The van der Waals surface area contributed by atoms with E-state index in [1.54, 1.807) is 0 Å². The third-order valence-corrected chi connectivity index (χ3v) is 13.3. The van der Waals surface area contributed by atoms with Crippen molar-refractivity contribution >= 4 is 34.1 Å². The summed E-state index contributed by atoms with van der Waals surface area (Å²) >= 11 is 0. The van der Waals surface area contributed by atoms with E-state index in [4.69, 9.17) is 20.7 Å². The van der Waals surface area contributed by atoms with E-state index in [-0.39, 0.29) is 17.5 Å². The maximum absolute atomic E-state index is 7.19. The highest BCUT2D eigenvalue weighted by Crippen LogP contribution is 2.45. The molecule has 2 aliphatic rings. The van der Waals surface area contributed by atoms with Crippen LogP contribution in [0, 0.1) is 0 Å². The van der Waals surface area contributed by atoms with E-state index in [1.165, 1.54) is 5.56 Å². The second-order valence-electron chi connectivity index (χ2n) is 17.5. The molecule has 9 aromatic rings. The molecule has 0 fully saturated rings. The van der Waals surface area contributed by atoms with E-state index < -0.39 is 0 Å². The van der Waals surface area contributed by atoms with Crippen molar-refractivity contribution in [3.05, 3.63) is 253 Å². The number of rotatable bonds is 11. The number of imidazole rings is 1. The molecule has 6 heteroatoms. The number of nitrogens with two attached hydrogens (primary N) is 1. The maximum Gasteiger partial charge on any atom is 0.145 e. The van der Waals surface area contributed by atoms with Crippen molar-refractivity contribution in [2.45, 2.75) is 37.8 Å². The van der Waals surface area contributed by atoms with Crippen LogP contribution >= 0.6 is 0 Å². The Balaban J connectivity index is 1.02. The van der Waals surface area contributed by atoms with Crippen molar-refractivity contribution in [3.8, 4) is 39.3 Å². The predicted octanol–water partition coefficient (Wildman–Crippen LogP) is 14.1. The first kappa shape index (κ1) is 41.4. The van der Waals surface area contributed by atoms with Crippen molar-refractivity contribution in [1.82, 2.24) is 9.55 Å². The van der Waals surface area contributed by atoms with E-state index in [1.807, 2.05) is 18.2 Å². The molecule has 1 aromatic heterocycles. The van der Waals surface area contributed by atoms with Gasteiger partial charge < -0.3 is 10.6 Å². The zero-order valence-corrected chi connectivity index (χ0v) is 37.6. The Bertz CT molecular complexity index is 3330. The zero-order valence-electron chi connectivity index (χ0n) is 37.6. The van der Waals surface area contributed by atoms with Crippen molar-refractivity contribution in [2.24, 2.45) is 15.7 Å². The molecule has 3 unspecified atom stereocenters. The van der Waals surface area contributed by atoms with Gasteiger partial charge >= 0.3 is 0 Å². The zero-order chi connectivity index (χ0) is 45.3. The lowest BCUT2D eigenvalue weighted by Crippen LogP contribution is -2.50. The Morgan fingerprint density at radius 3 is 1.90 bits per heavy atom. The average molecular weight is 867 g/mol. The molecule has 0 saturated carbocycles. The van der Waals surface area contributed by atoms with E-state index in [0.29, 0.717) is 5.84 Å². The number of para-hydroxylation sites is 2. The van der Waals surface area contributed by atoms with E-state index in [2.05, 4.69) is 236 Å². The summed E-state index contributed by atoms with van der Waals surface area (Å²) in [6.45, 7) is 4.52. The van der Waals surface area contributed by atoms with Gasteiger partial charge in [-0.15, -0.1) is 0 Å². The highest BCUT2D eigenvalue weighted by atomic mass is 15.3. The smallest absolute Gasteiger partial charge is 0.145 e. The molecule has 1 aliphatic carbocycles. The number of aromatic nitrogens is 2. The number of allylic oxidation sites excluding steroid dienone is 2. The Morgan fingerprint density at radius 1 is 0.627 bits per heavy atom. The molecule has 0 saturated heterocycles. The molecule has 324 valence electrons. The fourth-order valence-corrected chi connectivity index (χ4v) is 9.91. The summed E-state index contributed by atoms with van der Waals surface area (Å²) in [5.41, 5.74) is 21.5. The monoisotopic (exact) mass is 866 g/mol. The van der Waals surface area contributed by atoms with Crippen LogP contribution in [-0.4, -0.2) is 32.8 Å². The van der Waals surface area contributed by atoms with Crippen LogP contribution in [0.2, 0.25) is 0 Å². The molecule has 2 N–H and O–H groups in total. The highest BCUT2D eigenvalue weighted by molar-refractivity contribution is 6.13. The molecular weight excluding hydrogens is 817 g/mol. The van der Waals surface area contributed by atoms with Crippen LogP contribution in [0.15, 0.2) is 241 Å². The lowest BCUT2D eigenvalue weighted by atomic mass is 9.83. The van der Waals surface area contributed by atoms with Gasteiger partial charge in [-0.25, -0.2) is 9.98 Å². The van der Waals surface area contributed by atoms with Gasteiger partial charge in [0.1, 0.15) is 17.5 Å². The van der Waals surface area contributed by atoms with Crippen molar-refractivity contribution in [1.29, 1.82) is 0 Å². The number of hydrogen-bond acceptors (Lipinski definition) is 4. The first-order valence-corrected chi connectivity index (χ1v) is 23.1. The summed E-state index contributed by atoms with van der Waals surface area (Å²) in [6, 6.07) is 72.5. The minimum Gasteiger partial charge on any atom is -0.383 e. The summed E-state index contributed by atoms with van der Waals surface area (Å²) in [5.74, 6) is 2.31. The number of anilines is 1. The van der Waals surface area contributed by atoms with Crippen LogP contribution in [0.4, 0.5) is 11.4 Å². The normalized spacial score (nSPS) is 17.1. The Labute approximate surface area is 392 Å². The molecule has 2 heterocycles. The molecule has 0 spiro atoms. The van der Waals surface area contributed by atoms with Gasteiger partial charge in [0, 0.05) is 39.5 Å². The number of amidine groups is 2. The Morgan fingerprint density at radius 2 is 1.22 bits per heavy atom. The molecule has 0 bridgehead atoms. The lowest BCUT2D eigenvalue weighted by Gasteiger charge is -2.38. The lowest BCUT2D eigenvalue weighted by molar-refractivity contribution is 0.546. The molecule has 11 rings (SSSR count). The summed E-state index contributed by atoms with van der Waals surface area (Å²) in [4.78, 5) is 18.2. The van der Waals surface area contributed by atoms with Gasteiger partial charge in [-0.2, -0.15) is 0 Å². The van der Waals surface area contributed by atoms with Gasteiger partial charge in [0.25, 0.3) is 0 Å². The molecule has 0 amide bonds. The second kappa shape index (κ2) is 17.6. The fraction of sp³-hybridized carbons (Fsp3) is 0.0984. The number of aliphatic imine (C=N–C) groups is 2. The summed E-state index contributed by atoms with van der Waals surface area (Å²) in [5, 5.41) is 0. The maximum atomic E-state index is 7.19. The van der Waals surface area contributed by atoms with Gasteiger partial charge in [-0.3, -0.25) is 9.56 Å². The molecule has 1 aliphatic heterocycles. The predicted molar refractivity (Wildman–Crippen MR) is 279 cm³/mol. The van der Waals surface area contributed by atoms with Crippen molar-refractivity contribution in [2.75, 3.05) is 4.90 Å². The van der Waals surface area contributed by atoms with Crippen LogP contribution in [0.3, 0.4) is 0 Å². The Hall–Kier alpha value is -8.35. The van der Waals surface area contributed by atoms with Crippen LogP contribution in [-0.2, 0) is 0 Å². The van der Waals surface area contributed by atoms with Crippen molar-refractivity contribution in [3.63, 3.8) is 0 Å². The summed E-state index contributed by atoms with van der Waals surface area (Å²) < 4.78 is 2.27. The van der Waals surface area contributed by atoms with Crippen LogP contribution in [0.5, 0.6) is 0 Å². The fourth-order valence-electron chi connectivity index (χ4n) is 9.91. The number of hydrogen-bond donors (Lipinski definition) is 1. The first-order valence-electron chi connectivity index (χ1n) is 23.1. The van der Waals surface area contributed by atoms with Gasteiger partial charge in [-0.1, -0.05) is 177 Å². The van der Waals surface area contributed by atoms with Crippen LogP contribution in [0.25, 0.3) is 50.4 Å². The molecule has 67 heavy (non-hydrogen) atoms. The third kappa shape index (κ3) is 7.66. The number of benzene rings is 8. The highest BCUT2D eigenvalue weighted by Gasteiger charge is 2.45. The molecule has 0 radical (unpaired) electrons. The summed E-state index contributed by atoms with van der Waals surface area (Å²) in [6.07, 6.45) is 9.50. The number of fused-ring (bicyclic) bond motifs is 2. The van der Waals surface area contributed by atoms with Gasteiger partial charge in [-0.05, 0) is 102 Å². The van der Waals surface area contributed by atoms with Gasteiger partial charge in [0.2, 0.25) is 0 Å². The van der Waals surface area contributed by atoms with Crippen LogP contribution in [0.1, 0.15) is 48.4 Å². The Kier molecular flexibility index (Phi) is 10.8. The average Bonchev–Trinajstić information content (AvgIpc) is 3.94. The SMILES string of the molecule is CCC(c1ccc(-n2c(-c3ccccc3)nc3ccccc32)cc1)c1cc(-c2ccccc2)cc(-c2ccccc2)c1N=C(N)c1ccc(N2C(c3ccccc3)=NC3C=CC=CC32C)cc1. The van der Waals surface area contributed by atoms with Crippen LogP contribution < -0.4 is 10.6 Å². The van der Waals surface area contributed by atoms with Gasteiger partial charge in [0.15, 0.2) is 0 Å². The quantitative estimate of drug-likeness (QED) is 0.104. The first-order chi connectivity index (χ1) is 33.0. The minimum absolute atomic E-state index is 0.000579. The molecule has 3 atom stereocenters. The third-order valence-electron chi connectivity index (χ3n) is 13.3. The molecule has 8 aromatic carbocycles. The molecule has 6 nitrogen and oxygen atoms in total. The van der Waals surface area contributed by atoms with E-state index in [9.17, 15) is 0 Å². The number of nitrogens with zero attached hydrogens (tertiary/aromatic N) is 5. The summed E-state index contributed by atoms with van der Waals surface area (Å²) in [7, 11) is 0. The standard InChI is InChI=1S/C61H50N6/c1-3-51(44-31-35-49(36-32-44)66-55-29-17-16-28-54(55)63-59(66)46-24-12-6-13-25-46)53-41-48(42-20-8-4-9-21-42)40-52(43-22-10-5-11-23-43)57(53)65-58(62)45-33-37-50(38-34-45)67-60(47-26-14-7-15-27-47)64-56-30-18-19-39-61(56,67)2/h4-41,51,56H,3H2,1-2H3,(H2,62,65). The van der Waals surface area contributed by atoms with E-state index >= 15 is 0 Å². The largest absolute Gasteiger partial charge is 0.383 e. The topological polar surface area (TPSA) is 71.8 Å².